The topological polar surface area (TPSA) is 109 Å². The van der Waals surface area contributed by atoms with Crippen molar-refractivity contribution >= 4 is 59.9 Å². The van der Waals surface area contributed by atoms with E-state index in [1.165, 1.54) is 8.96 Å². The number of hydrogen-bond acceptors (Lipinski definition) is 6. The first-order chi connectivity index (χ1) is 19.2. The van der Waals surface area contributed by atoms with E-state index in [0.29, 0.717) is 55.3 Å². The van der Waals surface area contributed by atoms with Crippen LogP contribution in [0.3, 0.4) is 0 Å². The van der Waals surface area contributed by atoms with Gasteiger partial charge in [0.2, 0.25) is 16.0 Å². The highest BCUT2D eigenvalue weighted by atomic mass is 14.9. The number of fused-ring (bicyclic) bond motifs is 3. The summed E-state index contributed by atoms with van der Waals surface area (Å²) in [6.07, 6.45) is 3.14. The Hall–Kier alpha value is -5.21. The lowest BCUT2D eigenvalue weighted by Gasteiger charge is -2.07. The molecule has 0 aliphatic carbocycles. The monoisotopic (exact) mass is 514 g/mol. The summed E-state index contributed by atoms with van der Waals surface area (Å²) in [5.74, 6) is 0. The van der Waals surface area contributed by atoms with Crippen molar-refractivity contribution < 1.29 is 0 Å². The number of benzene rings is 2. The van der Waals surface area contributed by atoms with E-state index in [2.05, 4.69) is 22.1 Å². The molecule has 2 aromatic carbocycles. The predicted molar refractivity (Wildman–Crippen MR) is 156 cm³/mol. The minimum absolute atomic E-state index is 0.247. The van der Waals surface area contributed by atoms with Crippen molar-refractivity contribution in [2.24, 2.45) is 0 Å². The van der Waals surface area contributed by atoms with Crippen molar-refractivity contribution in [2.45, 2.75) is 27.7 Å². The molecule has 10 heteroatoms. The summed E-state index contributed by atoms with van der Waals surface area (Å²) in [6.45, 7) is 7.59. The van der Waals surface area contributed by atoms with Gasteiger partial charge in [-0.15, -0.1) is 0 Å². The van der Waals surface area contributed by atoms with Gasteiger partial charge in [-0.05, 0) is 63.1 Å². The van der Waals surface area contributed by atoms with E-state index in [0.717, 1.165) is 22.2 Å². The molecule has 0 aliphatic rings. The summed E-state index contributed by atoms with van der Waals surface area (Å²) in [4.78, 5) is 18.5. The van der Waals surface area contributed by atoms with Crippen LogP contribution < -0.4 is 10.7 Å². The maximum Gasteiger partial charge on any atom is 0.234 e. The Morgan fingerprint density at radius 2 is 1.05 bits per heavy atom. The summed E-state index contributed by atoms with van der Waals surface area (Å²) in [5.41, 5.74) is 7.38. The minimum Gasteiger partial charge on any atom is -0.399 e. The SMILES string of the molecule is [B]n1c(C)c2/c(=C(\C#N)c3cnc4ccc(C)cc4n3)n([B])c(C)c2/c1=C(\C#N)c1cnc2ccc(C)cc2n1. The molecule has 0 saturated carbocycles. The number of rotatable bonds is 2. The Labute approximate surface area is 232 Å². The molecular formula is C30H20B2N8. The molecule has 0 N–H and O–H groups in total. The van der Waals surface area contributed by atoms with Crippen LogP contribution in [-0.2, 0) is 0 Å². The molecule has 0 fully saturated rings. The van der Waals surface area contributed by atoms with Crippen molar-refractivity contribution in [3.05, 3.63) is 93.4 Å². The number of hydrogen-bond donors (Lipinski definition) is 0. The fourth-order valence-electron chi connectivity index (χ4n) is 5.20. The summed E-state index contributed by atoms with van der Waals surface area (Å²) in [5, 5.41) is 22.9. The van der Waals surface area contributed by atoms with Crippen LogP contribution in [-0.4, -0.2) is 44.9 Å². The Bertz CT molecular complexity index is 2100. The van der Waals surface area contributed by atoms with Crippen LogP contribution >= 0.6 is 0 Å². The van der Waals surface area contributed by atoms with Gasteiger partial charge in [-0.1, -0.05) is 12.1 Å². The summed E-state index contributed by atoms with van der Waals surface area (Å²) < 4.78 is 2.90. The Kier molecular flexibility index (Phi) is 5.78. The zero-order chi connectivity index (χ0) is 28.3. The van der Waals surface area contributed by atoms with E-state index in [-0.39, 0.29) is 11.1 Å². The quantitative estimate of drug-likeness (QED) is 0.329. The van der Waals surface area contributed by atoms with Gasteiger partial charge in [0.25, 0.3) is 0 Å². The van der Waals surface area contributed by atoms with Crippen molar-refractivity contribution in [3.63, 3.8) is 0 Å². The van der Waals surface area contributed by atoms with Crippen LogP contribution in [0.2, 0.25) is 0 Å². The highest BCUT2D eigenvalue weighted by Gasteiger charge is 2.22. The zero-order valence-corrected chi connectivity index (χ0v) is 22.4. The normalized spacial score (nSPS) is 12.9. The van der Waals surface area contributed by atoms with Gasteiger partial charge >= 0.3 is 0 Å². The van der Waals surface area contributed by atoms with Crippen LogP contribution in [0.5, 0.6) is 0 Å². The molecule has 0 amide bonds. The Morgan fingerprint density at radius 3 is 1.43 bits per heavy atom. The molecular weight excluding hydrogens is 494 g/mol. The second kappa shape index (κ2) is 9.21. The number of aromatic nitrogens is 6. The van der Waals surface area contributed by atoms with Crippen molar-refractivity contribution in [2.75, 3.05) is 0 Å². The van der Waals surface area contributed by atoms with Crippen molar-refractivity contribution in [1.82, 2.24) is 28.9 Å². The smallest absolute Gasteiger partial charge is 0.234 e. The molecule has 0 unspecified atom stereocenters. The van der Waals surface area contributed by atoms with Gasteiger partial charge in [0.05, 0.1) is 45.2 Å². The molecule has 0 atom stereocenters. The highest BCUT2D eigenvalue weighted by Crippen LogP contribution is 2.23. The first-order valence-electron chi connectivity index (χ1n) is 12.5. The molecule has 0 bridgehead atoms. The van der Waals surface area contributed by atoms with E-state index in [4.69, 9.17) is 25.9 Å². The molecule has 4 radical (unpaired) electrons. The average molecular weight is 514 g/mol. The standard InChI is InChI=1S/C30H20B2N8/c1-15-5-7-21-23(9-15)37-25(13-35-21)19(11-33)29-27-17(3)40(32)30(28(27)18(4)39(29)31)20(12-34)26-14-36-22-8-6-16(2)10-24(22)38-26/h5-10,13-14H,1-4H3/b29-19-,30-20-. The lowest BCUT2D eigenvalue weighted by atomic mass is 10.1. The molecule has 0 aliphatic heterocycles. The van der Waals surface area contributed by atoms with Crippen LogP contribution in [0, 0.1) is 50.4 Å². The van der Waals surface area contributed by atoms with Gasteiger partial charge in [0.1, 0.15) is 34.7 Å². The van der Waals surface area contributed by atoms with Crippen LogP contribution in [0.4, 0.5) is 0 Å². The van der Waals surface area contributed by atoms with E-state index >= 15 is 0 Å². The number of nitriles is 2. The maximum absolute atomic E-state index is 10.3. The summed E-state index contributed by atoms with van der Waals surface area (Å²) >= 11 is 0. The molecule has 6 rings (SSSR count). The third-order valence-electron chi connectivity index (χ3n) is 7.26. The number of nitrogens with zero attached hydrogens (tertiary/aromatic N) is 8. The van der Waals surface area contributed by atoms with Gasteiger partial charge in [-0.25, -0.2) is 9.97 Å². The van der Waals surface area contributed by atoms with Crippen molar-refractivity contribution in [1.29, 1.82) is 10.5 Å². The second-order valence-electron chi connectivity index (χ2n) is 9.83. The maximum atomic E-state index is 10.3. The largest absolute Gasteiger partial charge is 0.399 e. The number of aryl methyl sites for hydroxylation is 4. The molecule has 0 spiro atoms. The third-order valence-corrected chi connectivity index (χ3v) is 7.26. The van der Waals surface area contributed by atoms with E-state index in [1.807, 2.05) is 64.1 Å². The molecule has 4 heterocycles. The minimum atomic E-state index is 0.247. The molecule has 0 saturated heterocycles. The van der Waals surface area contributed by atoms with Crippen molar-refractivity contribution in [3.8, 4) is 12.1 Å². The second-order valence-corrected chi connectivity index (χ2v) is 9.83. The Balaban J connectivity index is 1.74. The lowest BCUT2D eigenvalue weighted by Crippen LogP contribution is -2.24. The van der Waals surface area contributed by atoms with Crippen LogP contribution in [0.25, 0.3) is 44.0 Å². The first-order valence-corrected chi connectivity index (χ1v) is 12.5. The van der Waals surface area contributed by atoms with Gasteiger partial charge in [0, 0.05) is 22.2 Å². The van der Waals surface area contributed by atoms with Crippen LogP contribution in [0.1, 0.15) is 33.9 Å². The lowest BCUT2D eigenvalue weighted by molar-refractivity contribution is 1.07. The molecule has 8 nitrogen and oxygen atoms in total. The molecule has 4 aromatic heterocycles. The fourth-order valence-corrected chi connectivity index (χ4v) is 5.20. The Morgan fingerprint density at radius 1 is 0.650 bits per heavy atom. The third kappa shape index (κ3) is 3.69. The predicted octanol–water partition coefficient (Wildman–Crippen LogP) is 2.87. The molecule has 186 valence electrons. The highest BCUT2D eigenvalue weighted by molar-refractivity contribution is 6.14. The summed E-state index contributed by atoms with van der Waals surface area (Å²) in [7, 11) is 13.2. The average Bonchev–Trinajstić information content (AvgIpc) is 3.34. The van der Waals surface area contributed by atoms with E-state index in [9.17, 15) is 10.5 Å². The first kappa shape index (κ1) is 25.1. The van der Waals surface area contributed by atoms with Crippen LogP contribution in [0.15, 0.2) is 48.8 Å². The van der Waals surface area contributed by atoms with Gasteiger partial charge < -0.3 is 8.96 Å². The van der Waals surface area contributed by atoms with Gasteiger partial charge in [-0.2, -0.15) is 10.5 Å². The van der Waals surface area contributed by atoms with E-state index in [1.54, 1.807) is 12.4 Å². The van der Waals surface area contributed by atoms with Gasteiger partial charge in [0.15, 0.2) is 0 Å². The molecule has 6 aromatic rings. The fraction of sp³-hybridized carbons (Fsp3) is 0.133. The van der Waals surface area contributed by atoms with E-state index < -0.39 is 0 Å². The summed E-state index contributed by atoms with van der Waals surface area (Å²) in [6, 6.07) is 16.1. The van der Waals surface area contributed by atoms with Gasteiger partial charge in [-0.3, -0.25) is 9.97 Å². The molecule has 40 heavy (non-hydrogen) atoms. The zero-order valence-electron chi connectivity index (χ0n) is 22.4.